The Bertz CT molecular complexity index is 195. The molecule has 1 aliphatic rings. The summed E-state index contributed by atoms with van der Waals surface area (Å²) in [5.41, 5.74) is 0. The molecule has 0 heterocycles. The van der Waals surface area contributed by atoms with Crippen molar-refractivity contribution >= 4 is 11.8 Å². The molecule has 0 aromatic rings. The molecule has 0 amide bonds. The predicted molar refractivity (Wildman–Crippen MR) is 84.5 cm³/mol. The van der Waals surface area contributed by atoms with E-state index in [0.29, 0.717) is 0 Å². The zero-order chi connectivity index (χ0) is 13.2. The molecule has 0 spiro atoms. The van der Waals surface area contributed by atoms with Crippen molar-refractivity contribution in [3.63, 3.8) is 0 Å². The Labute approximate surface area is 118 Å². The van der Waals surface area contributed by atoms with Crippen molar-refractivity contribution in [3.8, 4) is 0 Å². The van der Waals surface area contributed by atoms with Crippen LogP contribution < -0.4 is 5.32 Å². The zero-order valence-electron chi connectivity index (χ0n) is 12.6. The number of thioether (sulfide) groups is 1. The molecule has 1 fully saturated rings. The highest BCUT2D eigenvalue weighted by atomic mass is 32.2. The number of hydrogen-bond donors (Lipinski definition) is 1. The molecule has 0 bridgehead atoms. The van der Waals surface area contributed by atoms with Crippen LogP contribution in [-0.4, -0.2) is 48.6 Å². The van der Waals surface area contributed by atoms with Gasteiger partial charge in [0, 0.05) is 30.6 Å². The van der Waals surface area contributed by atoms with Gasteiger partial charge < -0.3 is 10.2 Å². The summed E-state index contributed by atoms with van der Waals surface area (Å²) in [6.07, 6.45) is 5.81. The average Bonchev–Trinajstić information content (AvgIpc) is 2.38. The van der Waals surface area contributed by atoms with Crippen LogP contribution in [0.5, 0.6) is 0 Å². The van der Waals surface area contributed by atoms with E-state index in [2.05, 4.69) is 42.7 Å². The van der Waals surface area contributed by atoms with Gasteiger partial charge >= 0.3 is 0 Å². The lowest BCUT2D eigenvalue weighted by atomic mass is 9.91. The third-order valence-electron chi connectivity index (χ3n) is 4.02. The summed E-state index contributed by atoms with van der Waals surface area (Å²) in [6, 6.07) is 0. The summed E-state index contributed by atoms with van der Waals surface area (Å²) >= 11 is 2.20. The molecule has 2 atom stereocenters. The van der Waals surface area contributed by atoms with Crippen molar-refractivity contribution in [3.05, 3.63) is 0 Å². The van der Waals surface area contributed by atoms with Crippen LogP contribution >= 0.6 is 11.8 Å². The van der Waals surface area contributed by atoms with Crippen molar-refractivity contribution in [1.29, 1.82) is 0 Å². The van der Waals surface area contributed by atoms with Crippen LogP contribution in [0.25, 0.3) is 0 Å². The molecule has 0 aromatic carbocycles. The Hall–Kier alpha value is 0.270. The Morgan fingerprint density at radius 2 is 1.94 bits per heavy atom. The first-order valence-corrected chi connectivity index (χ1v) is 8.85. The highest BCUT2D eigenvalue weighted by Gasteiger charge is 2.18. The normalized spacial score (nSPS) is 24.7. The Balaban J connectivity index is 1.92. The van der Waals surface area contributed by atoms with Crippen LogP contribution in [0.15, 0.2) is 0 Å². The lowest BCUT2D eigenvalue weighted by molar-refractivity contribution is 0.303. The number of rotatable bonds is 9. The molecule has 1 aliphatic carbocycles. The molecule has 0 radical (unpaired) electrons. The summed E-state index contributed by atoms with van der Waals surface area (Å²) in [7, 11) is 0. The smallest absolute Gasteiger partial charge is 0.0107 e. The number of hydrogen-bond acceptors (Lipinski definition) is 3. The van der Waals surface area contributed by atoms with Gasteiger partial charge in [0.2, 0.25) is 0 Å². The third kappa shape index (κ3) is 7.01. The minimum atomic E-state index is 0.943. The fraction of sp³-hybridized carbons (Fsp3) is 1.00. The fourth-order valence-electron chi connectivity index (χ4n) is 2.73. The number of nitrogens with zero attached hydrogens (tertiary/aromatic N) is 1. The molecule has 0 aliphatic heterocycles. The van der Waals surface area contributed by atoms with Gasteiger partial charge in [0.1, 0.15) is 0 Å². The first kappa shape index (κ1) is 16.3. The van der Waals surface area contributed by atoms with Crippen LogP contribution in [0.3, 0.4) is 0 Å². The summed E-state index contributed by atoms with van der Waals surface area (Å²) < 4.78 is 0. The zero-order valence-corrected chi connectivity index (χ0v) is 13.4. The molecule has 18 heavy (non-hydrogen) atoms. The van der Waals surface area contributed by atoms with Gasteiger partial charge in [-0.25, -0.2) is 0 Å². The van der Waals surface area contributed by atoms with Gasteiger partial charge in [0.05, 0.1) is 0 Å². The maximum atomic E-state index is 3.57. The van der Waals surface area contributed by atoms with E-state index in [1.807, 2.05) is 0 Å². The van der Waals surface area contributed by atoms with Gasteiger partial charge in [-0.05, 0) is 31.8 Å². The van der Waals surface area contributed by atoms with Gasteiger partial charge in [0.15, 0.2) is 0 Å². The molecule has 1 rings (SSSR count). The van der Waals surface area contributed by atoms with Gasteiger partial charge in [0.25, 0.3) is 0 Å². The molecule has 1 saturated carbocycles. The highest BCUT2D eigenvalue weighted by molar-refractivity contribution is 7.99. The van der Waals surface area contributed by atoms with Gasteiger partial charge in [-0.15, -0.1) is 0 Å². The summed E-state index contributed by atoms with van der Waals surface area (Å²) in [6.45, 7) is 12.8. The Kier molecular flexibility index (Phi) is 9.16. The minimum Gasteiger partial charge on any atom is -0.315 e. The van der Waals surface area contributed by atoms with Crippen molar-refractivity contribution in [1.82, 2.24) is 10.2 Å². The van der Waals surface area contributed by atoms with E-state index in [1.165, 1.54) is 57.6 Å². The van der Waals surface area contributed by atoms with Gasteiger partial charge in [-0.1, -0.05) is 33.6 Å². The second-order valence-electron chi connectivity index (χ2n) is 5.54. The lowest BCUT2D eigenvalue weighted by Crippen LogP contribution is -2.32. The monoisotopic (exact) mass is 272 g/mol. The summed E-state index contributed by atoms with van der Waals surface area (Å²) in [5, 5.41) is 4.52. The van der Waals surface area contributed by atoms with Gasteiger partial charge in [-0.2, -0.15) is 11.8 Å². The second kappa shape index (κ2) is 10.1. The van der Waals surface area contributed by atoms with Crippen molar-refractivity contribution in [2.45, 2.75) is 51.7 Å². The molecule has 0 aromatic heterocycles. The van der Waals surface area contributed by atoms with Crippen LogP contribution in [-0.2, 0) is 0 Å². The molecule has 0 saturated heterocycles. The summed E-state index contributed by atoms with van der Waals surface area (Å²) in [4.78, 5) is 2.48. The van der Waals surface area contributed by atoms with E-state index < -0.39 is 0 Å². The quantitative estimate of drug-likeness (QED) is 0.649. The Morgan fingerprint density at radius 3 is 2.61 bits per heavy atom. The molecule has 2 nitrogen and oxygen atoms in total. The first-order valence-electron chi connectivity index (χ1n) is 7.80. The van der Waals surface area contributed by atoms with Crippen LogP contribution in [0.2, 0.25) is 0 Å². The van der Waals surface area contributed by atoms with Crippen molar-refractivity contribution < 1.29 is 0 Å². The first-order chi connectivity index (χ1) is 8.76. The van der Waals surface area contributed by atoms with Crippen LogP contribution in [0.4, 0.5) is 0 Å². The second-order valence-corrected chi connectivity index (χ2v) is 6.95. The van der Waals surface area contributed by atoms with Crippen molar-refractivity contribution in [2.75, 3.05) is 38.5 Å². The molecule has 3 heteroatoms. The van der Waals surface area contributed by atoms with Gasteiger partial charge in [-0.3, -0.25) is 0 Å². The standard InChI is InChI=1S/C15H32N2S/c1-4-17(5-2)11-9-16-10-12-18-15-8-6-7-14(3)13-15/h14-16H,4-13H2,1-3H3. The highest BCUT2D eigenvalue weighted by Crippen LogP contribution is 2.31. The largest absolute Gasteiger partial charge is 0.315 e. The lowest BCUT2D eigenvalue weighted by Gasteiger charge is -2.26. The molecule has 2 unspecified atom stereocenters. The third-order valence-corrected chi connectivity index (χ3v) is 5.36. The van der Waals surface area contributed by atoms with E-state index in [-0.39, 0.29) is 0 Å². The number of likely N-dealkylation sites (N-methyl/N-ethyl adjacent to an activating group) is 1. The maximum absolute atomic E-state index is 3.57. The molecule has 108 valence electrons. The molecular formula is C15H32N2S. The molecule has 1 N–H and O–H groups in total. The SMILES string of the molecule is CCN(CC)CCNCCSC1CCCC(C)C1. The van der Waals surface area contributed by atoms with Crippen LogP contribution in [0, 0.1) is 5.92 Å². The number of nitrogens with one attached hydrogen (secondary N) is 1. The maximum Gasteiger partial charge on any atom is 0.0107 e. The van der Waals surface area contributed by atoms with E-state index in [9.17, 15) is 0 Å². The topological polar surface area (TPSA) is 15.3 Å². The summed E-state index contributed by atoms with van der Waals surface area (Å²) in [5.74, 6) is 2.25. The van der Waals surface area contributed by atoms with E-state index in [1.54, 1.807) is 0 Å². The van der Waals surface area contributed by atoms with Crippen LogP contribution in [0.1, 0.15) is 46.5 Å². The van der Waals surface area contributed by atoms with E-state index in [0.717, 1.165) is 17.7 Å². The minimum absolute atomic E-state index is 0.943. The van der Waals surface area contributed by atoms with E-state index >= 15 is 0 Å². The van der Waals surface area contributed by atoms with Crippen molar-refractivity contribution in [2.24, 2.45) is 5.92 Å². The molecular weight excluding hydrogens is 240 g/mol. The fourth-order valence-corrected chi connectivity index (χ4v) is 4.12. The predicted octanol–water partition coefficient (Wildman–Crippen LogP) is 3.23. The van der Waals surface area contributed by atoms with E-state index in [4.69, 9.17) is 0 Å². The Morgan fingerprint density at radius 1 is 1.17 bits per heavy atom. The average molecular weight is 273 g/mol.